The highest BCUT2D eigenvalue weighted by Crippen LogP contribution is 2.31. The van der Waals surface area contributed by atoms with Gasteiger partial charge in [-0.15, -0.1) is 0 Å². The van der Waals surface area contributed by atoms with E-state index in [0.717, 1.165) is 42.8 Å². The molecule has 0 aliphatic carbocycles. The third-order valence-corrected chi connectivity index (χ3v) is 4.97. The lowest BCUT2D eigenvalue weighted by atomic mass is 9.85. The second kappa shape index (κ2) is 6.52. The van der Waals surface area contributed by atoms with Crippen LogP contribution in [0.25, 0.3) is 11.3 Å². The second-order valence-electron chi connectivity index (χ2n) is 7.52. The average Bonchev–Trinajstić information content (AvgIpc) is 2.48. The van der Waals surface area contributed by atoms with Crippen LogP contribution in [0.5, 0.6) is 0 Å². The predicted octanol–water partition coefficient (Wildman–Crippen LogP) is 4.09. The van der Waals surface area contributed by atoms with E-state index in [9.17, 15) is 0 Å². The van der Waals surface area contributed by atoms with Crippen molar-refractivity contribution in [2.24, 2.45) is 5.92 Å². The molecule has 1 aliphatic heterocycles. The van der Waals surface area contributed by atoms with Crippen LogP contribution in [-0.2, 0) is 11.2 Å². The van der Waals surface area contributed by atoms with Crippen molar-refractivity contribution >= 4 is 5.95 Å². The lowest BCUT2D eigenvalue weighted by molar-refractivity contribution is -0.0722. The van der Waals surface area contributed by atoms with Crippen molar-refractivity contribution in [3.8, 4) is 11.3 Å². The molecule has 0 spiro atoms. The predicted molar refractivity (Wildman–Crippen MR) is 97.8 cm³/mol. The molecular formula is C20H27N3O. The van der Waals surface area contributed by atoms with E-state index in [1.807, 2.05) is 0 Å². The van der Waals surface area contributed by atoms with Crippen molar-refractivity contribution in [1.29, 1.82) is 0 Å². The highest BCUT2D eigenvalue weighted by atomic mass is 16.5. The molecule has 1 atom stereocenters. The molecule has 24 heavy (non-hydrogen) atoms. The fourth-order valence-corrected chi connectivity index (χ4v) is 3.62. The van der Waals surface area contributed by atoms with Crippen LogP contribution < -0.4 is 5.73 Å². The Morgan fingerprint density at radius 2 is 2.04 bits per heavy atom. The number of benzene rings is 1. The molecule has 0 bridgehead atoms. The Bertz CT molecular complexity index is 740. The fraction of sp³-hybridized carbons (Fsp3) is 0.500. The Morgan fingerprint density at radius 1 is 1.25 bits per heavy atom. The first-order valence-electron chi connectivity index (χ1n) is 8.68. The van der Waals surface area contributed by atoms with Crippen LogP contribution in [0, 0.1) is 19.8 Å². The van der Waals surface area contributed by atoms with E-state index >= 15 is 0 Å². The molecule has 2 N–H and O–H groups in total. The van der Waals surface area contributed by atoms with Gasteiger partial charge in [0.1, 0.15) is 0 Å². The summed E-state index contributed by atoms with van der Waals surface area (Å²) in [5, 5.41) is 0. The van der Waals surface area contributed by atoms with Crippen LogP contribution in [0.2, 0.25) is 0 Å². The quantitative estimate of drug-likeness (QED) is 0.923. The molecule has 0 amide bonds. The van der Waals surface area contributed by atoms with E-state index < -0.39 is 0 Å². The summed E-state index contributed by atoms with van der Waals surface area (Å²) in [5.41, 5.74) is 11.5. The molecule has 1 aliphatic rings. The molecule has 1 aromatic carbocycles. The van der Waals surface area contributed by atoms with E-state index in [1.54, 1.807) is 0 Å². The number of aryl methyl sites for hydroxylation is 1. The molecule has 1 fully saturated rings. The zero-order chi connectivity index (χ0) is 17.3. The number of ether oxygens (including phenoxy) is 1. The minimum absolute atomic E-state index is 0.0442. The number of rotatable bonds is 3. The largest absolute Gasteiger partial charge is 0.376 e. The lowest BCUT2D eigenvalue weighted by Gasteiger charge is -2.35. The zero-order valence-electron chi connectivity index (χ0n) is 15.1. The molecule has 0 radical (unpaired) electrons. The second-order valence-corrected chi connectivity index (χ2v) is 7.52. The summed E-state index contributed by atoms with van der Waals surface area (Å²) in [6.07, 6.45) is 3.05. The molecule has 3 rings (SSSR count). The van der Waals surface area contributed by atoms with E-state index in [4.69, 9.17) is 10.5 Å². The average molecular weight is 325 g/mol. The van der Waals surface area contributed by atoms with Crippen LogP contribution in [0.15, 0.2) is 24.3 Å². The van der Waals surface area contributed by atoms with E-state index in [1.165, 1.54) is 11.1 Å². The van der Waals surface area contributed by atoms with Crippen LogP contribution in [-0.4, -0.2) is 22.2 Å². The first kappa shape index (κ1) is 16.9. The molecule has 1 saturated heterocycles. The number of hydrogen-bond acceptors (Lipinski definition) is 4. The number of aromatic nitrogens is 2. The fourth-order valence-electron chi connectivity index (χ4n) is 3.62. The summed E-state index contributed by atoms with van der Waals surface area (Å²) in [7, 11) is 0. The molecule has 2 heterocycles. The third kappa shape index (κ3) is 3.75. The van der Waals surface area contributed by atoms with Gasteiger partial charge in [0.15, 0.2) is 0 Å². The highest BCUT2D eigenvalue weighted by Gasteiger charge is 2.29. The van der Waals surface area contributed by atoms with Crippen molar-refractivity contribution in [2.75, 3.05) is 12.3 Å². The van der Waals surface area contributed by atoms with E-state index in [2.05, 4.69) is 61.9 Å². The zero-order valence-corrected chi connectivity index (χ0v) is 15.1. The van der Waals surface area contributed by atoms with Crippen LogP contribution >= 0.6 is 0 Å². The standard InChI is InChI=1S/C20H27N3O/c1-13-6-5-7-17(14(13)2)18-11-16(22-19(21)23-18)10-15-8-9-24-20(3,4)12-15/h5-7,11,15H,8-10,12H2,1-4H3,(H2,21,22,23). The first-order valence-corrected chi connectivity index (χ1v) is 8.68. The van der Waals surface area contributed by atoms with Gasteiger partial charge < -0.3 is 10.5 Å². The Morgan fingerprint density at radius 3 is 2.79 bits per heavy atom. The van der Waals surface area contributed by atoms with Gasteiger partial charge in [-0.3, -0.25) is 0 Å². The molecule has 1 aromatic heterocycles. The van der Waals surface area contributed by atoms with Gasteiger partial charge in [-0.1, -0.05) is 18.2 Å². The van der Waals surface area contributed by atoms with E-state index in [-0.39, 0.29) is 5.60 Å². The third-order valence-electron chi connectivity index (χ3n) is 4.97. The van der Waals surface area contributed by atoms with E-state index in [0.29, 0.717) is 11.9 Å². The lowest BCUT2D eigenvalue weighted by Crippen LogP contribution is -2.34. The van der Waals surface area contributed by atoms with Crippen LogP contribution in [0.4, 0.5) is 5.95 Å². The monoisotopic (exact) mass is 325 g/mol. The Kier molecular flexibility index (Phi) is 4.59. The summed E-state index contributed by atoms with van der Waals surface area (Å²) in [6.45, 7) is 9.39. The smallest absolute Gasteiger partial charge is 0.220 e. The summed E-state index contributed by atoms with van der Waals surface area (Å²) in [5.74, 6) is 0.934. The van der Waals surface area contributed by atoms with Gasteiger partial charge >= 0.3 is 0 Å². The summed E-state index contributed by atoms with van der Waals surface area (Å²) in [6, 6.07) is 8.39. The minimum atomic E-state index is -0.0442. The number of nitrogen functional groups attached to an aromatic ring is 1. The summed E-state index contributed by atoms with van der Waals surface area (Å²) < 4.78 is 5.82. The number of nitrogens with two attached hydrogens (primary N) is 1. The van der Waals surface area contributed by atoms with Gasteiger partial charge in [0.2, 0.25) is 5.95 Å². The van der Waals surface area contributed by atoms with Gasteiger partial charge in [0.25, 0.3) is 0 Å². The normalized spacial score (nSPS) is 20.1. The minimum Gasteiger partial charge on any atom is -0.376 e. The molecule has 4 nitrogen and oxygen atoms in total. The maximum absolute atomic E-state index is 6.00. The SMILES string of the molecule is Cc1cccc(-c2cc(CC3CCOC(C)(C)C3)nc(N)n2)c1C. The molecule has 2 aromatic rings. The first-order chi connectivity index (χ1) is 11.3. The number of anilines is 1. The van der Waals surface area contributed by atoms with Gasteiger partial charge in [-0.25, -0.2) is 9.97 Å². The topological polar surface area (TPSA) is 61.0 Å². The van der Waals surface area contributed by atoms with Crippen molar-refractivity contribution in [3.63, 3.8) is 0 Å². The maximum Gasteiger partial charge on any atom is 0.220 e. The van der Waals surface area contributed by atoms with Gasteiger partial charge in [-0.2, -0.15) is 0 Å². The highest BCUT2D eigenvalue weighted by molar-refractivity contribution is 5.66. The molecule has 4 heteroatoms. The maximum atomic E-state index is 6.00. The van der Waals surface area contributed by atoms with Gasteiger partial charge in [0, 0.05) is 17.9 Å². The Balaban J connectivity index is 1.88. The van der Waals surface area contributed by atoms with Crippen molar-refractivity contribution < 1.29 is 4.74 Å². The Labute approximate surface area is 144 Å². The van der Waals surface area contributed by atoms with Crippen LogP contribution in [0.3, 0.4) is 0 Å². The molecule has 1 unspecified atom stereocenters. The molecule has 0 saturated carbocycles. The van der Waals surface area contributed by atoms with Crippen molar-refractivity contribution in [2.45, 2.75) is 52.6 Å². The van der Waals surface area contributed by atoms with Crippen molar-refractivity contribution in [1.82, 2.24) is 9.97 Å². The Hall–Kier alpha value is -1.94. The van der Waals surface area contributed by atoms with Crippen molar-refractivity contribution in [3.05, 3.63) is 41.1 Å². The summed E-state index contributed by atoms with van der Waals surface area (Å²) >= 11 is 0. The van der Waals surface area contributed by atoms with Gasteiger partial charge in [0.05, 0.1) is 11.3 Å². The van der Waals surface area contributed by atoms with Crippen LogP contribution in [0.1, 0.15) is 43.5 Å². The molecular weight excluding hydrogens is 298 g/mol. The van der Waals surface area contributed by atoms with Gasteiger partial charge in [-0.05, 0) is 70.1 Å². The molecule has 128 valence electrons. The summed E-state index contributed by atoms with van der Waals surface area (Å²) in [4.78, 5) is 8.95. The number of nitrogens with zero attached hydrogens (tertiary/aromatic N) is 2. The number of hydrogen-bond donors (Lipinski definition) is 1.